The number of nitrogens with two attached hydrogens (primary N) is 1. The van der Waals surface area contributed by atoms with Crippen molar-refractivity contribution in [1.29, 1.82) is 0 Å². The summed E-state index contributed by atoms with van der Waals surface area (Å²) in [5.74, 6) is 0. The second-order valence-electron chi connectivity index (χ2n) is 1.43. The minimum absolute atomic E-state index is 0. The Balaban J connectivity index is -0.0000000483. The van der Waals surface area contributed by atoms with Crippen molar-refractivity contribution in [3.05, 3.63) is 20.9 Å². The first-order valence-electron chi connectivity index (χ1n) is 2.57. The van der Waals surface area contributed by atoms with Crippen LogP contribution in [0, 0.1) is 20.9 Å². The van der Waals surface area contributed by atoms with Gasteiger partial charge in [0.2, 0.25) is 0 Å². The van der Waals surface area contributed by atoms with E-state index in [0.29, 0.717) is 0 Å². The average molecular weight is 418 g/mol. The van der Waals surface area contributed by atoms with Crippen molar-refractivity contribution in [2.75, 3.05) is 7.11 Å². The topological polar surface area (TPSA) is 64.3 Å². The first kappa shape index (κ1) is 23.1. The molecule has 6 heteroatoms. The third-order valence-electron chi connectivity index (χ3n) is 0.330. The molecule has 0 unspecified atom stereocenters. The van der Waals surface area contributed by atoms with Crippen molar-refractivity contribution >= 4 is 6.09 Å². The van der Waals surface area contributed by atoms with E-state index < -0.39 is 6.09 Å². The van der Waals surface area contributed by atoms with E-state index in [1.54, 1.807) is 0 Å². The summed E-state index contributed by atoms with van der Waals surface area (Å²) in [5.41, 5.74) is 4.89. The van der Waals surface area contributed by atoms with Gasteiger partial charge in [-0.1, -0.05) is 0 Å². The molecule has 0 aliphatic heterocycles. The van der Waals surface area contributed by atoms with Gasteiger partial charge in [0.1, 0.15) is 0 Å². The fourth-order valence-electron chi connectivity index (χ4n) is 0.0722. The van der Waals surface area contributed by atoms with Crippen LogP contribution in [0.2, 0.25) is 0 Å². The molecule has 4 nitrogen and oxygen atoms in total. The number of hydrogen-bond donors (Lipinski definition) is 2. The van der Waals surface area contributed by atoms with Gasteiger partial charge in [0.25, 0.3) is 0 Å². The predicted octanol–water partition coefficient (Wildman–Crippen LogP) is 0.111. The van der Waals surface area contributed by atoms with Crippen LogP contribution < -0.4 is 11.1 Å². The van der Waals surface area contributed by atoms with E-state index in [9.17, 15) is 4.79 Å². The van der Waals surface area contributed by atoms with Gasteiger partial charge in [-0.3, -0.25) is 13.1 Å². The molecule has 0 aliphatic carbocycles. The van der Waals surface area contributed by atoms with E-state index >= 15 is 0 Å². The van der Waals surface area contributed by atoms with E-state index in [2.05, 4.69) is 25.6 Å². The summed E-state index contributed by atoms with van der Waals surface area (Å²) in [6, 6.07) is -0.167. The quantitative estimate of drug-likeness (QED) is 0.550. The van der Waals surface area contributed by atoms with Crippen LogP contribution >= 0.6 is 0 Å². The van der Waals surface area contributed by atoms with Crippen LogP contribution in [0.15, 0.2) is 0 Å². The molecule has 1 amide bonds. The normalized spacial score (nSPS) is 6.50. The first-order valence-corrected chi connectivity index (χ1v) is 2.57. The fraction of sp³-hybridized carbons (Fsp3) is 0.333. The number of carbonyl (C=O) groups excluding carboxylic acids is 1. The van der Waals surface area contributed by atoms with E-state index in [0.717, 1.165) is 0 Å². The summed E-state index contributed by atoms with van der Waals surface area (Å²) in [7, 11) is 4.31. The molecule has 69 valence electrons. The Morgan fingerprint density at radius 3 is 1.83 bits per heavy atom. The fourth-order valence-corrected chi connectivity index (χ4v) is 0.0722. The maximum Gasteiger partial charge on any atom is 2.00 e. The Bertz CT molecular complexity index is 84.9. The van der Waals surface area contributed by atoms with E-state index in [4.69, 9.17) is 5.73 Å². The van der Waals surface area contributed by atoms with Gasteiger partial charge in [-0.15, -0.1) is 0 Å². The average Bonchev–Trinajstić information content (AvgIpc) is 1.85. The van der Waals surface area contributed by atoms with E-state index in [1.165, 1.54) is 7.11 Å². The Labute approximate surface area is 114 Å². The van der Waals surface area contributed by atoms with Crippen LogP contribution in [-0.2, 0) is 58.5 Å². The minimum Gasteiger partial charge on any atom is -0.473 e. The molecule has 0 heterocycles. The summed E-state index contributed by atoms with van der Waals surface area (Å²) < 4.78 is 4.09. The molecular weight excluding hydrogens is 405 g/mol. The molecule has 0 spiro atoms. The van der Waals surface area contributed by atoms with Gasteiger partial charge in [-0.2, -0.15) is 0 Å². The van der Waals surface area contributed by atoms with E-state index in [1.807, 2.05) is 5.32 Å². The molecule has 3 N–H and O–H groups in total. The smallest absolute Gasteiger partial charge is 0.473 e. The van der Waals surface area contributed by atoms with Crippen LogP contribution in [-0.4, -0.2) is 19.2 Å². The minimum atomic E-state index is -0.519. The summed E-state index contributed by atoms with van der Waals surface area (Å²) >= 11 is 0. The number of ether oxygens (including phenoxy) is 1. The molecule has 0 aromatic heterocycles. The number of alkyl carbamates (subject to hydrolysis) is 1. The second-order valence-corrected chi connectivity index (χ2v) is 1.43. The molecule has 0 rings (SSSR count). The SMILES string of the molecule is [CH2-]C([CH2-])N.[CH2-]NC(=O)OC.[W+2].[Y]. The van der Waals surface area contributed by atoms with Gasteiger partial charge in [0, 0.05) is 32.7 Å². The number of carbonyl (C=O) groups is 1. The van der Waals surface area contributed by atoms with Crippen molar-refractivity contribution in [1.82, 2.24) is 5.32 Å². The van der Waals surface area contributed by atoms with Crippen molar-refractivity contribution in [3.8, 4) is 0 Å². The van der Waals surface area contributed by atoms with Crippen LogP contribution in [0.3, 0.4) is 0 Å². The van der Waals surface area contributed by atoms with Gasteiger partial charge < -0.3 is 29.6 Å². The molecule has 1 radical (unpaired) electrons. The van der Waals surface area contributed by atoms with Crippen LogP contribution in [0.5, 0.6) is 0 Å². The van der Waals surface area contributed by atoms with Crippen molar-refractivity contribution in [3.63, 3.8) is 0 Å². The Morgan fingerprint density at radius 1 is 1.58 bits per heavy atom. The Hall–Kier alpha value is 1.02. The zero-order valence-electron chi connectivity index (χ0n) is 7.08. The number of hydrogen-bond acceptors (Lipinski definition) is 3. The number of rotatable bonds is 0. The standard InChI is InChI=1S/C3H6NO2.C3H7N.W.Y/c1-4-3(5)6-2;1-3(2)4;;/h1H2,2H3,(H,4,5);3H,1-2,4H2;;/q-1;-2;+2;. The molecule has 0 saturated heterocycles. The van der Waals surface area contributed by atoms with Crippen molar-refractivity contribution < 1.29 is 63.3 Å². The summed E-state index contributed by atoms with van der Waals surface area (Å²) in [5, 5.41) is 2.00. The molecular formula is C6H13N2O2WY-. The summed E-state index contributed by atoms with van der Waals surface area (Å²) in [6.45, 7) is 6.61. The largest absolute Gasteiger partial charge is 2.00 e. The Morgan fingerprint density at radius 2 is 1.83 bits per heavy atom. The van der Waals surface area contributed by atoms with Crippen molar-refractivity contribution in [2.24, 2.45) is 5.73 Å². The molecule has 0 aromatic rings. The molecule has 0 saturated carbocycles. The predicted molar refractivity (Wildman–Crippen MR) is 39.6 cm³/mol. The van der Waals surface area contributed by atoms with Crippen LogP contribution in [0.25, 0.3) is 0 Å². The third kappa shape index (κ3) is 43.9. The van der Waals surface area contributed by atoms with Gasteiger partial charge in [-0.05, 0) is 0 Å². The Kier molecular flexibility index (Phi) is 34.6. The third-order valence-corrected chi connectivity index (χ3v) is 0.330. The van der Waals surface area contributed by atoms with Gasteiger partial charge in [0.05, 0.1) is 7.11 Å². The molecule has 0 aliphatic rings. The summed E-state index contributed by atoms with van der Waals surface area (Å²) in [4.78, 5) is 9.78. The maximum atomic E-state index is 9.78. The number of amides is 1. The molecule has 0 bridgehead atoms. The van der Waals surface area contributed by atoms with Crippen LogP contribution in [0.4, 0.5) is 4.79 Å². The number of nitrogens with one attached hydrogen (secondary N) is 1. The molecule has 0 aromatic carbocycles. The van der Waals surface area contributed by atoms with Crippen molar-refractivity contribution in [2.45, 2.75) is 6.04 Å². The van der Waals surface area contributed by atoms with Gasteiger partial charge in [-0.25, -0.2) is 4.79 Å². The molecule has 12 heavy (non-hydrogen) atoms. The zero-order valence-corrected chi connectivity index (χ0v) is 12.8. The van der Waals surface area contributed by atoms with Gasteiger partial charge in [0.15, 0.2) is 0 Å². The molecule has 0 fully saturated rings. The first-order chi connectivity index (χ1) is 4.54. The van der Waals surface area contributed by atoms with Crippen LogP contribution in [0.1, 0.15) is 0 Å². The second kappa shape index (κ2) is 17.9. The monoisotopic (exact) mass is 418 g/mol. The zero-order chi connectivity index (χ0) is 8.57. The summed E-state index contributed by atoms with van der Waals surface area (Å²) in [6.07, 6.45) is -0.519. The van der Waals surface area contributed by atoms with Gasteiger partial charge >= 0.3 is 27.2 Å². The molecule has 0 atom stereocenters. The number of methoxy groups -OCH3 is 1. The maximum absolute atomic E-state index is 9.78. The van der Waals surface area contributed by atoms with E-state index in [-0.39, 0.29) is 59.8 Å².